The Balaban J connectivity index is 1.58. The van der Waals surface area contributed by atoms with Crippen molar-refractivity contribution in [2.24, 2.45) is 0 Å². The van der Waals surface area contributed by atoms with Gasteiger partial charge in [-0.2, -0.15) is 0 Å². The van der Waals surface area contributed by atoms with Gasteiger partial charge in [-0.1, -0.05) is 6.07 Å². The van der Waals surface area contributed by atoms with Crippen LogP contribution in [0.2, 0.25) is 0 Å². The summed E-state index contributed by atoms with van der Waals surface area (Å²) in [4.78, 5) is 28.1. The maximum absolute atomic E-state index is 12.7. The Hall–Kier alpha value is -2.28. The van der Waals surface area contributed by atoms with Crippen LogP contribution in [0.5, 0.6) is 11.5 Å². The zero-order valence-corrected chi connectivity index (χ0v) is 14.1. The Morgan fingerprint density at radius 2 is 1.88 bits per heavy atom. The summed E-state index contributed by atoms with van der Waals surface area (Å²) in [6.07, 6.45) is 0. The minimum absolute atomic E-state index is 0.00324. The van der Waals surface area contributed by atoms with Gasteiger partial charge in [0.05, 0.1) is 12.5 Å². The third-order valence-electron chi connectivity index (χ3n) is 4.60. The molecule has 1 saturated heterocycles. The molecule has 0 spiro atoms. The van der Waals surface area contributed by atoms with Crippen LogP contribution in [0.4, 0.5) is 0 Å². The number of carbonyl (C=O) groups excluding carboxylic acids is 2. The van der Waals surface area contributed by atoms with Gasteiger partial charge in [0.25, 0.3) is 0 Å². The van der Waals surface area contributed by atoms with Gasteiger partial charge >= 0.3 is 0 Å². The standard InChI is InChI=1S/C17H23N3O4/c1-12(13-3-4-14-15(9-13)24-11-23-14)17(22)20-7-5-19(6-8-20)10-16(21)18-2/h3-4,9,12H,5-8,10-11H2,1-2H3,(H,18,21). The van der Waals surface area contributed by atoms with Crippen molar-refractivity contribution < 1.29 is 19.1 Å². The van der Waals surface area contributed by atoms with Crippen molar-refractivity contribution in [1.29, 1.82) is 0 Å². The first-order valence-electron chi connectivity index (χ1n) is 8.19. The van der Waals surface area contributed by atoms with Crippen LogP contribution in [0.25, 0.3) is 0 Å². The van der Waals surface area contributed by atoms with Gasteiger partial charge in [-0.05, 0) is 24.6 Å². The van der Waals surface area contributed by atoms with Crippen molar-refractivity contribution in [2.45, 2.75) is 12.8 Å². The highest BCUT2D eigenvalue weighted by Gasteiger charge is 2.27. The van der Waals surface area contributed by atoms with Crippen LogP contribution in [0, 0.1) is 0 Å². The van der Waals surface area contributed by atoms with Crippen molar-refractivity contribution in [2.75, 3.05) is 46.6 Å². The molecule has 0 saturated carbocycles. The number of amides is 2. The SMILES string of the molecule is CNC(=O)CN1CCN(C(=O)C(C)c2ccc3c(c2)OCO3)CC1. The number of ether oxygens (including phenoxy) is 2. The molecule has 0 radical (unpaired) electrons. The molecule has 2 heterocycles. The first-order valence-corrected chi connectivity index (χ1v) is 8.19. The number of rotatable bonds is 4. The third-order valence-corrected chi connectivity index (χ3v) is 4.60. The molecule has 1 fully saturated rings. The summed E-state index contributed by atoms with van der Waals surface area (Å²) in [5.41, 5.74) is 0.928. The lowest BCUT2D eigenvalue weighted by Gasteiger charge is -2.35. The van der Waals surface area contributed by atoms with Crippen molar-refractivity contribution in [3.63, 3.8) is 0 Å². The summed E-state index contributed by atoms with van der Waals surface area (Å²) in [6, 6.07) is 5.65. The molecule has 2 aliphatic heterocycles. The fourth-order valence-corrected chi connectivity index (χ4v) is 3.01. The van der Waals surface area contributed by atoms with E-state index in [4.69, 9.17) is 9.47 Å². The minimum atomic E-state index is -0.231. The van der Waals surface area contributed by atoms with E-state index in [1.165, 1.54) is 0 Å². The maximum Gasteiger partial charge on any atom is 0.233 e. The number of hydrogen-bond donors (Lipinski definition) is 1. The van der Waals surface area contributed by atoms with Crippen molar-refractivity contribution in [1.82, 2.24) is 15.1 Å². The maximum atomic E-state index is 12.7. The monoisotopic (exact) mass is 333 g/mol. The third kappa shape index (κ3) is 3.46. The van der Waals surface area contributed by atoms with Gasteiger partial charge in [-0.15, -0.1) is 0 Å². The molecule has 1 aromatic rings. The van der Waals surface area contributed by atoms with Gasteiger partial charge in [0, 0.05) is 33.2 Å². The Morgan fingerprint density at radius 1 is 1.17 bits per heavy atom. The van der Waals surface area contributed by atoms with Crippen LogP contribution >= 0.6 is 0 Å². The lowest BCUT2D eigenvalue weighted by Crippen LogP contribution is -2.51. The molecule has 130 valence electrons. The number of hydrogen-bond acceptors (Lipinski definition) is 5. The molecule has 2 amide bonds. The van der Waals surface area contributed by atoms with Gasteiger partial charge < -0.3 is 19.7 Å². The largest absolute Gasteiger partial charge is 0.454 e. The molecule has 2 aliphatic rings. The lowest BCUT2D eigenvalue weighted by molar-refractivity contribution is -0.134. The molecule has 3 rings (SSSR count). The van der Waals surface area contributed by atoms with Gasteiger partial charge in [0.15, 0.2) is 11.5 Å². The molecule has 1 unspecified atom stereocenters. The highest BCUT2D eigenvalue weighted by atomic mass is 16.7. The van der Waals surface area contributed by atoms with E-state index in [0.717, 1.165) is 11.3 Å². The van der Waals surface area contributed by atoms with Crippen LogP contribution in [-0.4, -0.2) is 68.2 Å². The van der Waals surface area contributed by atoms with E-state index in [9.17, 15) is 9.59 Å². The van der Waals surface area contributed by atoms with Gasteiger partial charge in [-0.3, -0.25) is 14.5 Å². The molecule has 0 bridgehead atoms. The number of nitrogens with one attached hydrogen (secondary N) is 1. The molecule has 1 N–H and O–H groups in total. The summed E-state index contributed by atoms with van der Waals surface area (Å²) in [5, 5.41) is 2.62. The van der Waals surface area contributed by atoms with E-state index in [2.05, 4.69) is 10.2 Å². The topological polar surface area (TPSA) is 71.1 Å². The van der Waals surface area contributed by atoms with E-state index < -0.39 is 0 Å². The summed E-state index contributed by atoms with van der Waals surface area (Å²) in [5.74, 6) is 1.30. The molecule has 1 atom stereocenters. The van der Waals surface area contributed by atoms with Crippen molar-refractivity contribution >= 4 is 11.8 Å². The van der Waals surface area contributed by atoms with E-state index in [1.807, 2.05) is 30.0 Å². The zero-order chi connectivity index (χ0) is 17.1. The van der Waals surface area contributed by atoms with Crippen LogP contribution in [0.1, 0.15) is 18.4 Å². The van der Waals surface area contributed by atoms with Crippen molar-refractivity contribution in [3.05, 3.63) is 23.8 Å². The van der Waals surface area contributed by atoms with Crippen molar-refractivity contribution in [3.8, 4) is 11.5 Å². The Kier molecular flexibility index (Phi) is 4.89. The quantitative estimate of drug-likeness (QED) is 0.864. The highest BCUT2D eigenvalue weighted by molar-refractivity contribution is 5.84. The average Bonchev–Trinajstić information content (AvgIpc) is 3.08. The van der Waals surface area contributed by atoms with Gasteiger partial charge in [0.2, 0.25) is 18.6 Å². The molecule has 1 aromatic carbocycles. The van der Waals surface area contributed by atoms with Crippen LogP contribution in [0.3, 0.4) is 0 Å². The number of fused-ring (bicyclic) bond motifs is 1. The molecule has 0 aromatic heterocycles. The van der Waals surface area contributed by atoms with Gasteiger partial charge in [0.1, 0.15) is 0 Å². The first kappa shape index (κ1) is 16.6. The fourth-order valence-electron chi connectivity index (χ4n) is 3.01. The molecule has 7 nitrogen and oxygen atoms in total. The number of carbonyl (C=O) groups is 2. The highest BCUT2D eigenvalue weighted by Crippen LogP contribution is 2.35. The van der Waals surface area contributed by atoms with Crippen LogP contribution in [0.15, 0.2) is 18.2 Å². The van der Waals surface area contributed by atoms with E-state index in [1.54, 1.807) is 7.05 Å². The lowest BCUT2D eigenvalue weighted by atomic mass is 9.99. The first-order chi connectivity index (χ1) is 11.6. The summed E-state index contributed by atoms with van der Waals surface area (Å²) in [6.45, 7) is 5.25. The Bertz CT molecular complexity index is 626. The number of benzene rings is 1. The summed E-state index contributed by atoms with van der Waals surface area (Å²) < 4.78 is 10.7. The number of piperazine rings is 1. The van der Waals surface area contributed by atoms with E-state index in [-0.39, 0.29) is 24.5 Å². The second kappa shape index (κ2) is 7.09. The van der Waals surface area contributed by atoms with E-state index >= 15 is 0 Å². The predicted octanol–water partition coefficient (Wildman–Crippen LogP) is 0.409. The van der Waals surface area contributed by atoms with Crippen LogP contribution < -0.4 is 14.8 Å². The predicted molar refractivity (Wildman–Crippen MR) is 88.1 cm³/mol. The average molecular weight is 333 g/mol. The smallest absolute Gasteiger partial charge is 0.233 e. The Morgan fingerprint density at radius 3 is 2.58 bits per heavy atom. The summed E-state index contributed by atoms with van der Waals surface area (Å²) >= 11 is 0. The van der Waals surface area contributed by atoms with E-state index in [0.29, 0.717) is 38.5 Å². The van der Waals surface area contributed by atoms with Gasteiger partial charge in [-0.25, -0.2) is 0 Å². The molecular formula is C17H23N3O4. The van der Waals surface area contributed by atoms with Crippen LogP contribution in [-0.2, 0) is 9.59 Å². The fraction of sp³-hybridized carbons (Fsp3) is 0.529. The summed E-state index contributed by atoms with van der Waals surface area (Å²) in [7, 11) is 1.63. The molecule has 0 aliphatic carbocycles. The molecule has 7 heteroatoms. The zero-order valence-electron chi connectivity index (χ0n) is 14.1. The minimum Gasteiger partial charge on any atom is -0.454 e. The second-order valence-electron chi connectivity index (χ2n) is 6.11. The number of nitrogens with zero attached hydrogens (tertiary/aromatic N) is 2. The Labute approximate surface area is 141 Å². The second-order valence-corrected chi connectivity index (χ2v) is 6.11. The molecular weight excluding hydrogens is 310 g/mol. The number of likely N-dealkylation sites (N-methyl/N-ethyl adjacent to an activating group) is 1. The normalized spacial score (nSPS) is 18.3. The molecule has 24 heavy (non-hydrogen) atoms.